The maximum atomic E-state index is 5.28. The number of benzene rings is 1. The number of piperazine rings is 1. The number of nitrogens with zero attached hydrogens (tertiary/aromatic N) is 1. The van der Waals surface area contributed by atoms with Crippen LogP contribution < -0.4 is 10.1 Å². The zero-order valence-corrected chi connectivity index (χ0v) is 10.8. The number of aryl methyl sites for hydroxylation is 1. The van der Waals surface area contributed by atoms with Crippen molar-refractivity contribution in [3.05, 3.63) is 29.3 Å². The highest BCUT2D eigenvalue weighted by molar-refractivity contribution is 5.36. The first-order chi connectivity index (χ1) is 8.29. The third kappa shape index (κ3) is 3.45. The van der Waals surface area contributed by atoms with Gasteiger partial charge in [-0.3, -0.25) is 0 Å². The lowest BCUT2D eigenvalue weighted by molar-refractivity contribution is 0.244. The molecule has 1 N–H and O–H groups in total. The Kier molecular flexibility index (Phi) is 4.40. The van der Waals surface area contributed by atoms with Crippen LogP contribution in [0.3, 0.4) is 0 Å². The van der Waals surface area contributed by atoms with Crippen molar-refractivity contribution in [1.82, 2.24) is 10.2 Å². The molecule has 1 aliphatic heterocycles. The molecule has 0 aromatic heterocycles. The molecule has 94 valence electrons. The van der Waals surface area contributed by atoms with Gasteiger partial charge in [0.1, 0.15) is 5.75 Å². The van der Waals surface area contributed by atoms with Crippen LogP contribution in [-0.4, -0.2) is 44.7 Å². The summed E-state index contributed by atoms with van der Waals surface area (Å²) < 4.78 is 5.28. The second-order valence-corrected chi connectivity index (χ2v) is 4.65. The zero-order valence-electron chi connectivity index (χ0n) is 10.8. The summed E-state index contributed by atoms with van der Waals surface area (Å²) in [7, 11) is 1.72. The van der Waals surface area contributed by atoms with Crippen LogP contribution in [-0.2, 0) is 6.42 Å². The predicted molar refractivity (Wildman–Crippen MR) is 70.7 cm³/mol. The standard InChI is InChI=1S/C14H22N2O/c1-12-11-13(3-4-14(12)17-2)5-8-16-9-6-15-7-10-16/h3-4,11,15H,5-10H2,1-2H3. The Morgan fingerprint density at radius 1 is 1.29 bits per heavy atom. The van der Waals surface area contributed by atoms with Crippen LogP contribution in [0.2, 0.25) is 0 Å². The molecular formula is C14H22N2O. The molecule has 1 aromatic carbocycles. The molecule has 0 aliphatic carbocycles. The maximum Gasteiger partial charge on any atom is 0.121 e. The molecule has 0 amide bonds. The van der Waals surface area contributed by atoms with Gasteiger partial charge >= 0.3 is 0 Å². The van der Waals surface area contributed by atoms with E-state index in [1.54, 1.807) is 7.11 Å². The molecule has 1 aromatic rings. The fourth-order valence-electron chi connectivity index (χ4n) is 2.32. The molecule has 3 nitrogen and oxygen atoms in total. The van der Waals surface area contributed by atoms with Crippen LogP contribution in [0, 0.1) is 6.92 Å². The van der Waals surface area contributed by atoms with E-state index in [1.807, 2.05) is 0 Å². The highest BCUT2D eigenvalue weighted by atomic mass is 16.5. The van der Waals surface area contributed by atoms with Crippen LogP contribution in [0.1, 0.15) is 11.1 Å². The van der Waals surface area contributed by atoms with Crippen molar-refractivity contribution in [2.45, 2.75) is 13.3 Å². The Labute approximate surface area is 104 Å². The van der Waals surface area contributed by atoms with E-state index in [1.165, 1.54) is 24.2 Å². The summed E-state index contributed by atoms with van der Waals surface area (Å²) in [5.74, 6) is 0.982. The van der Waals surface area contributed by atoms with Gasteiger partial charge in [-0.05, 0) is 30.5 Å². The van der Waals surface area contributed by atoms with Crippen LogP contribution in [0.5, 0.6) is 5.75 Å². The minimum absolute atomic E-state index is 0.982. The van der Waals surface area contributed by atoms with Gasteiger partial charge in [0, 0.05) is 32.7 Å². The van der Waals surface area contributed by atoms with E-state index in [4.69, 9.17) is 4.74 Å². The highest BCUT2D eigenvalue weighted by Gasteiger charge is 2.09. The number of nitrogens with one attached hydrogen (secondary N) is 1. The van der Waals surface area contributed by atoms with E-state index in [0.29, 0.717) is 0 Å². The zero-order chi connectivity index (χ0) is 12.1. The van der Waals surface area contributed by atoms with Crippen molar-refractivity contribution in [3.63, 3.8) is 0 Å². The minimum Gasteiger partial charge on any atom is -0.496 e. The van der Waals surface area contributed by atoms with E-state index in [0.717, 1.165) is 31.8 Å². The normalized spacial score (nSPS) is 17.1. The largest absolute Gasteiger partial charge is 0.496 e. The number of hydrogen-bond donors (Lipinski definition) is 1. The summed E-state index contributed by atoms with van der Waals surface area (Å²) in [5, 5.41) is 3.38. The highest BCUT2D eigenvalue weighted by Crippen LogP contribution is 2.18. The number of hydrogen-bond acceptors (Lipinski definition) is 3. The molecule has 0 atom stereocenters. The Balaban J connectivity index is 1.87. The summed E-state index contributed by atoms with van der Waals surface area (Å²) in [6.45, 7) is 7.87. The molecule has 1 saturated heterocycles. The molecule has 2 rings (SSSR count). The lowest BCUT2D eigenvalue weighted by Gasteiger charge is -2.27. The summed E-state index contributed by atoms with van der Waals surface area (Å²) in [5.41, 5.74) is 2.63. The summed E-state index contributed by atoms with van der Waals surface area (Å²) in [6.07, 6.45) is 1.13. The Morgan fingerprint density at radius 2 is 2.06 bits per heavy atom. The van der Waals surface area contributed by atoms with Crippen LogP contribution >= 0.6 is 0 Å². The first-order valence-electron chi connectivity index (χ1n) is 6.36. The van der Waals surface area contributed by atoms with Crippen molar-refractivity contribution in [2.75, 3.05) is 39.8 Å². The van der Waals surface area contributed by atoms with E-state index >= 15 is 0 Å². The SMILES string of the molecule is COc1ccc(CCN2CCNCC2)cc1C. The molecule has 3 heteroatoms. The maximum absolute atomic E-state index is 5.28. The van der Waals surface area contributed by atoms with Gasteiger partial charge in [0.15, 0.2) is 0 Å². The van der Waals surface area contributed by atoms with Crippen molar-refractivity contribution in [2.24, 2.45) is 0 Å². The first-order valence-corrected chi connectivity index (χ1v) is 6.36. The van der Waals surface area contributed by atoms with Gasteiger partial charge in [0.05, 0.1) is 7.11 Å². The van der Waals surface area contributed by atoms with E-state index in [2.05, 4.69) is 35.3 Å². The quantitative estimate of drug-likeness (QED) is 0.853. The third-order valence-electron chi connectivity index (χ3n) is 3.39. The smallest absolute Gasteiger partial charge is 0.121 e. The topological polar surface area (TPSA) is 24.5 Å². The van der Waals surface area contributed by atoms with Gasteiger partial charge in [-0.1, -0.05) is 12.1 Å². The van der Waals surface area contributed by atoms with Gasteiger partial charge < -0.3 is 15.0 Å². The molecule has 1 fully saturated rings. The lowest BCUT2D eigenvalue weighted by Crippen LogP contribution is -2.44. The summed E-state index contributed by atoms with van der Waals surface area (Å²) >= 11 is 0. The van der Waals surface area contributed by atoms with Gasteiger partial charge in [-0.25, -0.2) is 0 Å². The molecule has 0 saturated carbocycles. The van der Waals surface area contributed by atoms with Crippen LogP contribution in [0.4, 0.5) is 0 Å². The van der Waals surface area contributed by atoms with Crippen molar-refractivity contribution < 1.29 is 4.74 Å². The number of rotatable bonds is 4. The van der Waals surface area contributed by atoms with Gasteiger partial charge in [-0.2, -0.15) is 0 Å². The second kappa shape index (κ2) is 6.03. The first kappa shape index (κ1) is 12.4. The molecule has 0 unspecified atom stereocenters. The monoisotopic (exact) mass is 234 g/mol. The van der Waals surface area contributed by atoms with E-state index in [9.17, 15) is 0 Å². The van der Waals surface area contributed by atoms with Crippen molar-refractivity contribution >= 4 is 0 Å². The van der Waals surface area contributed by atoms with E-state index < -0.39 is 0 Å². The number of methoxy groups -OCH3 is 1. The predicted octanol–water partition coefficient (Wildman–Crippen LogP) is 1.45. The molecular weight excluding hydrogens is 212 g/mol. The minimum atomic E-state index is 0.982. The third-order valence-corrected chi connectivity index (χ3v) is 3.39. The van der Waals surface area contributed by atoms with Crippen LogP contribution in [0.25, 0.3) is 0 Å². The molecule has 0 spiro atoms. The molecule has 0 radical (unpaired) electrons. The van der Waals surface area contributed by atoms with E-state index in [-0.39, 0.29) is 0 Å². The fourth-order valence-corrected chi connectivity index (χ4v) is 2.32. The summed E-state index contributed by atoms with van der Waals surface area (Å²) in [4.78, 5) is 2.52. The Morgan fingerprint density at radius 3 is 2.71 bits per heavy atom. The van der Waals surface area contributed by atoms with Gasteiger partial charge in [-0.15, -0.1) is 0 Å². The molecule has 1 aliphatic rings. The van der Waals surface area contributed by atoms with Crippen LogP contribution in [0.15, 0.2) is 18.2 Å². The van der Waals surface area contributed by atoms with Crippen molar-refractivity contribution in [1.29, 1.82) is 0 Å². The van der Waals surface area contributed by atoms with Crippen molar-refractivity contribution in [3.8, 4) is 5.75 Å². The molecule has 1 heterocycles. The average molecular weight is 234 g/mol. The molecule has 0 bridgehead atoms. The lowest BCUT2D eigenvalue weighted by atomic mass is 10.1. The fraction of sp³-hybridized carbons (Fsp3) is 0.571. The second-order valence-electron chi connectivity index (χ2n) is 4.65. The molecule has 17 heavy (non-hydrogen) atoms. The van der Waals surface area contributed by atoms with Gasteiger partial charge in [0.2, 0.25) is 0 Å². The Bertz CT molecular complexity index is 359. The average Bonchev–Trinajstić information content (AvgIpc) is 2.38. The van der Waals surface area contributed by atoms with Gasteiger partial charge in [0.25, 0.3) is 0 Å². The summed E-state index contributed by atoms with van der Waals surface area (Å²) in [6, 6.07) is 6.48. The number of ether oxygens (including phenoxy) is 1. The Hall–Kier alpha value is -1.06.